The van der Waals surface area contributed by atoms with Crippen molar-refractivity contribution in [3.05, 3.63) is 24.5 Å². The average molecular weight is 334 g/mol. The number of pyridine rings is 1. The highest BCUT2D eigenvalue weighted by Crippen LogP contribution is 2.44. The fourth-order valence-electron chi connectivity index (χ4n) is 4.34. The van der Waals surface area contributed by atoms with Gasteiger partial charge in [-0.05, 0) is 35.0 Å². The van der Waals surface area contributed by atoms with Crippen LogP contribution in [0.15, 0.2) is 24.5 Å². The topological polar surface area (TPSA) is 67.5 Å². The van der Waals surface area contributed by atoms with Crippen LogP contribution >= 0.6 is 0 Å². The summed E-state index contributed by atoms with van der Waals surface area (Å²) in [5.41, 5.74) is 2.69. The maximum Gasteiger partial charge on any atom is 0.707 e. The van der Waals surface area contributed by atoms with E-state index in [0.29, 0.717) is 22.4 Å². The summed E-state index contributed by atoms with van der Waals surface area (Å²) in [4.78, 5) is 4.56. The van der Waals surface area contributed by atoms with E-state index in [-0.39, 0.29) is 0 Å². The van der Waals surface area contributed by atoms with Gasteiger partial charge in [0.15, 0.2) is 8.24 Å². The van der Waals surface area contributed by atoms with E-state index < -0.39 is 15.6 Å². The minimum absolute atomic E-state index is 0.358. The minimum atomic E-state index is -1.85. The van der Waals surface area contributed by atoms with E-state index in [4.69, 9.17) is 14.7 Å². The quantitative estimate of drug-likeness (QED) is 0.795. The normalized spacial score (nSPS) is 12.7. The van der Waals surface area contributed by atoms with E-state index in [1.54, 1.807) is 12.3 Å². The molecule has 0 saturated heterocycles. The summed E-state index contributed by atoms with van der Waals surface area (Å²) >= 11 is 0. The maximum atomic E-state index is 8.94. The Morgan fingerprint density at radius 3 is 2.13 bits per heavy atom. The Morgan fingerprint density at radius 1 is 1.09 bits per heavy atom. The molecule has 7 heteroatoms. The van der Waals surface area contributed by atoms with Gasteiger partial charge in [0, 0.05) is 5.39 Å². The third-order valence-electron chi connectivity index (χ3n) is 4.93. The van der Waals surface area contributed by atoms with Crippen molar-refractivity contribution in [3.63, 3.8) is 0 Å². The van der Waals surface area contributed by atoms with Crippen molar-refractivity contribution >= 4 is 26.6 Å². The zero-order valence-corrected chi connectivity index (χ0v) is 15.8. The second kappa shape index (κ2) is 6.67. The Labute approximate surface area is 139 Å². The molecule has 0 aliphatic carbocycles. The van der Waals surface area contributed by atoms with E-state index in [1.165, 1.54) is 0 Å². The van der Waals surface area contributed by atoms with E-state index in [1.807, 2.05) is 6.07 Å². The lowest BCUT2D eigenvalue weighted by atomic mass is 10.2. The van der Waals surface area contributed by atoms with Gasteiger partial charge in [0.1, 0.15) is 11.4 Å². The Hall–Kier alpha value is -1.31. The minimum Gasteiger partial charge on any atom is -0.511 e. The van der Waals surface area contributed by atoms with Crippen LogP contribution < -0.4 is 4.65 Å². The van der Waals surface area contributed by atoms with Crippen LogP contribution in [0.1, 0.15) is 41.5 Å². The molecule has 0 amide bonds. The van der Waals surface area contributed by atoms with Crippen molar-refractivity contribution in [2.24, 2.45) is 0 Å². The molecule has 0 radical (unpaired) electrons. The van der Waals surface area contributed by atoms with Gasteiger partial charge in [-0.15, -0.1) is 0 Å². The van der Waals surface area contributed by atoms with Crippen LogP contribution in [-0.2, 0) is 0 Å². The third kappa shape index (κ3) is 3.05. The molecule has 2 rings (SSSR count). The van der Waals surface area contributed by atoms with Crippen LogP contribution in [-0.4, -0.2) is 34.8 Å². The van der Waals surface area contributed by atoms with Gasteiger partial charge in [-0.1, -0.05) is 41.5 Å². The first-order valence-corrected chi connectivity index (χ1v) is 10.4. The SMILES string of the molecule is CC(C)[Si](C(C)C)(C(C)C)n1ccc2cc(OB(O)O)cnc21. The highest BCUT2D eigenvalue weighted by Gasteiger charge is 2.45. The molecule has 0 fully saturated rings. The zero-order valence-electron chi connectivity index (χ0n) is 14.8. The van der Waals surface area contributed by atoms with Gasteiger partial charge in [-0.25, -0.2) is 4.98 Å². The van der Waals surface area contributed by atoms with Gasteiger partial charge >= 0.3 is 7.32 Å². The second-order valence-electron chi connectivity index (χ2n) is 7.07. The van der Waals surface area contributed by atoms with Crippen LogP contribution in [0.25, 0.3) is 11.0 Å². The average Bonchev–Trinajstić information content (AvgIpc) is 2.81. The van der Waals surface area contributed by atoms with Crippen molar-refractivity contribution in [2.45, 2.75) is 58.2 Å². The molecule has 0 saturated carbocycles. The Morgan fingerprint density at radius 2 is 1.65 bits per heavy atom. The monoisotopic (exact) mass is 334 g/mol. The fourth-order valence-corrected chi connectivity index (χ4v) is 10.9. The van der Waals surface area contributed by atoms with Gasteiger partial charge in [-0.2, -0.15) is 0 Å². The molecule has 2 N–H and O–H groups in total. The molecule has 0 spiro atoms. The van der Waals surface area contributed by atoms with Crippen LogP contribution in [0.2, 0.25) is 16.6 Å². The zero-order chi connectivity index (χ0) is 17.4. The predicted molar refractivity (Wildman–Crippen MR) is 97.0 cm³/mol. The van der Waals surface area contributed by atoms with Gasteiger partial charge in [-0.3, -0.25) is 0 Å². The number of aromatic nitrogens is 2. The van der Waals surface area contributed by atoms with Crippen LogP contribution in [0, 0.1) is 0 Å². The number of hydrogen-bond acceptors (Lipinski definition) is 4. The first-order valence-electron chi connectivity index (χ1n) is 8.21. The number of hydrogen-bond donors (Lipinski definition) is 2. The predicted octanol–water partition coefficient (Wildman–Crippen LogP) is 3.41. The highest BCUT2D eigenvalue weighted by atomic mass is 28.3. The van der Waals surface area contributed by atoms with Gasteiger partial charge in [0.25, 0.3) is 0 Å². The molecular formula is C16H27BN2O3Si. The molecule has 2 aromatic heterocycles. The standard InChI is InChI=1S/C16H27BN2O3Si/c1-11(2)23(12(3)4,13(5)6)19-8-7-14-9-15(22-17(20)21)10-18-16(14)19/h7-13,20-21H,1-6H3. The molecule has 2 aromatic rings. The summed E-state index contributed by atoms with van der Waals surface area (Å²) in [6, 6.07) is 3.84. The largest absolute Gasteiger partial charge is 0.707 e. The fraction of sp³-hybridized carbons (Fsp3) is 0.562. The van der Waals surface area contributed by atoms with Gasteiger partial charge < -0.3 is 18.9 Å². The van der Waals surface area contributed by atoms with Crippen molar-refractivity contribution in [3.8, 4) is 5.75 Å². The molecule has 126 valence electrons. The molecule has 23 heavy (non-hydrogen) atoms. The lowest BCUT2D eigenvalue weighted by Crippen LogP contribution is -2.51. The van der Waals surface area contributed by atoms with E-state index >= 15 is 0 Å². The molecule has 0 aliphatic heterocycles. The summed E-state index contributed by atoms with van der Waals surface area (Å²) in [6.07, 6.45) is 3.70. The summed E-state index contributed by atoms with van der Waals surface area (Å²) in [6.45, 7) is 13.9. The summed E-state index contributed by atoms with van der Waals surface area (Å²) in [5.74, 6) is 0.358. The Bertz CT molecular complexity index is 649. The molecule has 2 heterocycles. The smallest absolute Gasteiger partial charge is 0.511 e. The molecule has 5 nitrogen and oxygen atoms in total. The molecule has 0 unspecified atom stereocenters. The molecule has 0 atom stereocenters. The Kier molecular flexibility index (Phi) is 5.23. The number of rotatable bonds is 6. The summed E-state index contributed by atoms with van der Waals surface area (Å²) in [5, 5.41) is 18.8. The molecule has 0 bridgehead atoms. The van der Waals surface area contributed by atoms with Gasteiger partial charge in [0.2, 0.25) is 0 Å². The maximum absolute atomic E-state index is 8.94. The molecular weight excluding hydrogens is 307 g/mol. The second-order valence-corrected chi connectivity index (χ2v) is 12.8. The molecule has 0 aromatic carbocycles. The van der Waals surface area contributed by atoms with Crippen molar-refractivity contribution in [1.29, 1.82) is 0 Å². The Balaban J connectivity index is 2.61. The van der Waals surface area contributed by atoms with Crippen LogP contribution in [0.5, 0.6) is 5.75 Å². The van der Waals surface area contributed by atoms with E-state index in [2.05, 4.69) is 57.0 Å². The first kappa shape index (κ1) is 18.0. The highest BCUT2D eigenvalue weighted by molar-refractivity contribution is 6.82. The van der Waals surface area contributed by atoms with Crippen molar-refractivity contribution in [1.82, 2.24) is 9.22 Å². The van der Waals surface area contributed by atoms with E-state index in [9.17, 15) is 0 Å². The van der Waals surface area contributed by atoms with Crippen LogP contribution in [0.4, 0.5) is 0 Å². The van der Waals surface area contributed by atoms with Crippen molar-refractivity contribution < 1.29 is 14.7 Å². The van der Waals surface area contributed by atoms with Crippen molar-refractivity contribution in [2.75, 3.05) is 0 Å². The third-order valence-corrected chi connectivity index (χ3v) is 11.7. The first-order chi connectivity index (χ1) is 10.7. The lowest BCUT2D eigenvalue weighted by molar-refractivity contribution is 0.288. The van der Waals surface area contributed by atoms with Crippen LogP contribution in [0.3, 0.4) is 0 Å². The summed E-state index contributed by atoms with van der Waals surface area (Å²) in [7, 11) is -3.68. The summed E-state index contributed by atoms with van der Waals surface area (Å²) < 4.78 is 7.33. The number of nitrogens with zero attached hydrogens (tertiary/aromatic N) is 2. The number of fused-ring (bicyclic) bond motifs is 1. The van der Waals surface area contributed by atoms with E-state index in [0.717, 1.165) is 11.0 Å². The lowest BCUT2D eigenvalue weighted by Gasteiger charge is -2.44. The van der Waals surface area contributed by atoms with Gasteiger partial charge in [0.05, 0.1) is 6.20 Å². The molecule has 0 aliphatic rings.